The van der Waals surface area contributed by atoms with Crippen molar-refractivity contribution in [3.05, 3.63) is 28.6 Å². The van der Waals surface area contributed by atoms with Crippen LogP contribution in [0.5, 0.6) is 0 Å². The summed E-state index contributed by atoms with van der Waals surface area (Å²) in [5.74, 6) is 1.22. The largest absolute Gasteiger partial charge is 0.440 e. The van der Waals surface area contributed by atoms with Gasteiger partial charge in [0.1, 0.15) is 5.52 Å². The molecule has 1 aliphatic heterocycles. The lowest BCUT2D eigenvalue weighted by molar-refractivity contribution is -0.165. The van der Waals surface area contributed by atoms with Crippen LogP contribution < -0.4 is 0 Å². The molecule has 5 nitrogen and oxygen atoms in total. The smallest absolute Gasteiger partial charge is 0.254 e. The van der Waals surface area contributed by atoms with Crippen molar-refractivity contribution in [2.75, 3.05) is 6.61 Å². The van der Waals surface area contributed by atoms with Crippen LogP contribution in [0.4, 0.5) is 0 Å². The second-order valence-corrected chi connectivity index (χ2v) is 7.14. The lowest BCUT2D eigenvalue weighted by Gasteiger charge is -2.17. The van der Waals surface area contributed by atoms with E-state index in [0.717, 1.165) is 29.8 Å². The van der Waals surface area contributed by atoms with Gasteiger partial charge in [0, 0.05) is 17.0 Å². The monoisotopic (exact) mass is 320 g/mol. The number of oxazole rings is 1. The van der Waals surface area contributed by atoms with Crippen LogP contribution in [-0.2, 0) is 16.2 Å². The summed E-state index contributed by atoms with van der Waals surface area (Å²) in [5.41, 5.74) is 1.82. The zero-order chi connectivity index (χ0) is 15.5. The quantitative estimate of drug-likeness (QED) is 0.866. The number of amides is 1. The van der Waals surface area contributed by atoms with Crippen LogP contribution in [0, 0.1) is 5.41 Å². The summed E-state index contributed by atoms with van der Waals surface area (Å²) in [7, 11) is 0. The van der Waals surface area contributed by atoms with Crippen molar-refractivity contribution in [1.29, 1.82) is 0 Å². The molecule has 2 aliphatic rings. The van der Waals surface area contributed by atoms with Gasteiger partial charge in [-0.1, -0.05) is 11.6 Å². The highest BCUT2D eigenvalue weighted by molar-refractivity contribution is 6.32. The molecule has 1 saturated heterocycles. The SMILES string of the molecule is CC1(C)CON(Cc2cc3nc(C4CC4)oc3cc2Cl)C1=O. The van der Waals surface area contributed by atoms with E-state index in [4.69, 9.17) is 20.9 Å². The Bertz CT molecular complexity index is 764. The molecule has 0 bridgehead atoms. The predicted molar refractivity (Wildman–Crippen MR) is 81.3 cm³/mol. The van der Waals surface area contributed by atoms with E-state index in [1.807, 2.05) is 19.9 Å². The van der Waals surface area contributed by atoms with E-state index < -0.39 is 5.41 Å². The molecule has 6 heteroatoms. The molecule has 1 aromatic carbocycles. The molecular formula is C16H17ClN2O3. The molecule has 2 fully saturated rings. The maximum Gasteiger partial charge on any atom is 0.254 e. The molecule has 4 rings (SSSR count). The fourth-order valence-electron chi connectivity index (χ4n) is 2.61. The topological polar surface area (TPSA) is 55.6 Å². The zero-order valence-electron chi connectivity index (χ0n) is 12.6. The molecule has 1 saturated carbocycles. The normalized spacial score (nSPS) is 21.0. The summed E-state index contributed by atoms with van der Waals surface area (Å²) in [4.78, 5) is 22.2. The van der Waals surface area contributed by atoms with Gasteiger partial charge in [0.2, 0.25) is 0 Å². The first-order valence-corrected chi connectivity index (χ1v) is 7.85. The zero-order valence-corrected chi connectivity index (χ0v) is 13.3. The van der Waals surface area contributed by atoms with Gasteiger partial charge in [0.25, 0.3) is 5.91 Å². The van der Waals surface area contributed by atoms with Crippen LogP contribution in [0.3, 0.4) is 0 Å². The number of carbonyl (C=O) groups excluding carboxylic acids is 1. The first-order valence-electron chi connectivity index (χ1n) is 7.48. The van der Waals surface area contributed by atoms with Gasteiger partial charge >= 0.3 is 0 Å². The highest BCUT2D eigenvalue weighted by Crippen LogP contribution is 2.41. The molecule has 1 amide bonds. The van der Waals surface area contributed by atoms with Crippen LogP contribution in [0.25, 0.3) is 11.1 Å². The van der Waals surface area contributed by atoms with Gasteiger partial charge in [0.05, 0.1) is 18.6 Å². The third-order valence-corrected chi connectivity index (χ3v) is 4.55. The van der Waals surface area contributed by atoms with E-state index in [-0.39, 0.29) is 5.91 Å². The molecule has 0 spiro atoms. The van der Waals surface area contributed by atoms with Crippen molar-refractivity contribution in [3.8, 4) is 0 Å². The minimum absolute atomic E-state index is 0.0255. The molecule has 0 radical (unpaired) electrons. The van der Waals surface area contributed by atoms with E-state index >= 15 is 0 Å². The van der Waals surface area contributed by atoms with Crippen molar-refractivity contribution >= 4 is 28.6 Å². The summed E-state index contributed by atoms with van der Waals surface area (Å²) >= 11 is 6.32. The molecule has 0 N–H and O–H groups in total. The van der Waals surface area contributed by atoms with Gasteiger partial charge in [-0.3, -0.25) is 9.63 Å². The number of nitrogens with zero attached hydrogens (tertiary/aromatic N) is 2. The Morgan fingerprint density at radius 1 is 1.41 bits per heavy atom. The van der Waals surface area contributed by atoms with Crippen LogP contribution >= 0.6 is 11.6 Å². The Morgan fingerprint density at radius 2 is 2.18 bits per heavy atom. The summed E-state index contributed by atoms with van der Waals surface area (Å²) in [5, 5.41) is 1.95. The van der Waals surface area contributed by atoms with Crippen LogP contribution in [0.15, 0.2) is 16.5 Å². The molecule has 22 heavy (non-hydrogen) atoms. The number of halogens is 1. The molecule has 0 atom stereocenters. The second-order valence-electron chi connectivity index (χ2n) is 6.74. The van der Waals surface area contributed by atoms with E-state index in [1.165, 1.54) is 5.06 Å². The summed E-state index contributed by atoms with van der Waals surface area (Å²) < 4.78 is 5.74. The van der Waals surface area contributed by atoms with Gasteiger partial charge in [-0.15, -0.1) is 0 Å². The van der Waals surface area contributed by atoms with E-state index in [1.54, 1.807) is 6.07 Å². The second kappa shape index (κ2) is 4.70. The summed E-state index contributed by atoms with van der Waals surface area (Å²) in [6.07, 6.45) is 2.28. The summed E-state index contributed by atoms with van der Waals surface area (Å²) in [6, 6.07) is 3.66. The molecule has 1 aromatic heterocycles. The highest BCUT2D eigenvalue weighted by atomic mass is 35.5. The molecule has 0 unspecified atom stereocenters. The molecule has 2 aromatic rings. The number of benzene rings is 1. The lowest BCUT2D eigenvalue weighted by atomic mass is 9.95. The van der Waals surface area contributed by atoms with Gasteiger partial charge in [-0.05, 0) is 38.3 Å². The maximum absolute atomic E-state index is 12.2. The number of hydroxylamine groups is 2. The number of rotatable bonds is 3. The van der Waals surface area contributed by atoms with Crippen LogP contribution in [0.1, 0.15) is 44.1 Å². The predicted octanol–water partition coefficient (Wildman–Crippen LogP) is 3.66. The van der Waals surface area contributed by atoms with Crippen LogP contribution in [-0.4, -0.2) is 22.6 Å². The van der Waals surface area contributed by atoms with Gasteiger partial charge in [-0.2, -0.15) is 0 Å². The standard InChI is InChI=1S/C16H17ClN2O3/c1-16(2)8-21-19(15(16)20)7-10-5-12-13(6-11(10)17)22-14(18-12)9-3-4-9/h5-6,9H,3-4,7-8H2,1-2H3. The maximum atomic E-state index is 12.2. The van der Waals surface area contributed by atoms with Crippen molar-refractivity contribution in [3.63, 3.8) is 0 Å². The number of hydrogen-bond acceptors (Lipinski definition) is 4. The van der Waals surface area contributed by atoms with E-state index in [2.05, 4.69) is 4.98 Å². The minimum atomic E-state index is -0.483. The first kappa shape index (κ1) is 14.0. The average Bonchev–Trinajstić information content (AvgIpc) is 3.19. The molecular weight excluding hydrogens is 304 g/mol. The average molecular weight is 321 g/mol. The number of fused-ring (bicyclic) bond motifs is 1. The van der Waals surface area contributed by atoms with Gasteiger partial charge < -0.3 is 4.42 Å². The fraction of sp³-hybridized carbons (Fsp3) is 0.500. The number of carbonyl (C=O) groups is 1. The van der Waals surface area contributed by atoms with Crippen molar-refractivity contribution in [2.24, 2.45) is 5.41 Å². The van der Waals surface area contributed by atoms with Gasteiger partial charge in [0.15, 0.2) is 11.5 Å². The van der Waals surface area contributed by atoms with Gasteiger partial charge in [-0.25, -0.2) is 10.0 Å². The Hall–Kier alpha value is -1.59. The Labute approximate surface area is 133 Å². The Balaban J connectivity index is 1.64. The summed E-state index contributed by atoms with van der Waals surface area (Å²) in [6.45, 7) is 4.46. The van der Waals surface area contributed by atoms with E-state index in [9.17, 15) is 4.79 Å². The van der Waals surface area contributed by atoms with Crippen molar-refractivity contribution < 1.29 is 14.0 Å². The highest BCUT2D eigenvalue weighted by Gasteiger charge is 2.40. The number of hydrogen-bond donors (Lipinski definition) is 0. The molecule has 116 valence electrons. The minimum Gasteiger partial charge on any atom is -0.440 e. The van der Waals surface area contributed by atoms with Crippen LogP contribution in [0.2, 0.25) is 5.02 Å². The van der Waals surface area contributed by atoms with Crippen molar-refractivity contribution in [2.45, 2.75) is 39.2 Å². The fourth-order valence-corrected chi connectivity index (χ4v) is 2.82. The Morgan fingerprint density at radius 3 is 2.82 bits per heavy atom. The van der Waals surface area contributed by atoms with E-state index in [0.29, 0.717) is 29.7 Å². The first-order chi connectivity index (χ1) is 10.4. The third kappa shape index (κ3) is 2.29. The van der Waals surface area contributed by atoms with Crippen molar-refractivity contribution in [1.82, 2.24) is 10.0 Å². The third-order valence-electron chi connectivity index (χ3n) is 4.20. The Kier molecular flexibility index (Phi) is 3.00. The number of aromatic nitrogens is 1. The molecule has 1 aliphatic carbocycles. The lowest BCUT2D eigenvalue weighted by Crippen LogP contribution is -2.30. The molecule has 2 heterocycles.